The zero-order chi connectivity index (χ0) is 12.3. The zero-order valence-corrected chi connectivity index (χ0v) is 10.1. The Morgan fingerprint density at radius 1 is 0.882 bits per heavy atom. The fourth-order valence-electron chi connectivity index (χ4n) is 2.07. The molecule has 0 amide bonds. The molecule has 0 unspecified atom stereocenters. The molecule has 1 N–H and O–H groups in total. The first kappa shape index (κ1) is 11.7. The van der Waals surface area contributed by atoms with E-state index in [0.717, 1.165) is 5.56 Å². The molecule has 0 bridgehead atoms. The largest absolute Gasteiger partial charge is 0.340 e. The normalized spacial score (nSPS) is 11.2. The summed E-state index contributed by atoms with van der Waals surface area (Å²) in [6.07, 6.45) is 0. The van der Waals surface area contributed by atoms with Crippen LogP contribution < -0.4 is 4.89 Å². The van der Waals surface area contributed by atoms with Crippen LogP contribution in [0.1, 0.15) is 25.0 Å². The van der Waals surface area contributed by atoms with Gasteiger partial charge in [-0.2, -0.15) is 0 Å². The van der Waals surface area contributed by atoms with E-state index < -0.39 is 0 Å². The molecule has 0 aromatic heterocycles. The molecule has 2 rings (SSSR count). The van der Waals surface area contributed by atoms with Gasteiger partial charge in [0.1, 0.15) is 0 Å². The van der Waals surface area contributed by atoms with Crippen LogP contribution in [0.15, 0.2) is 54.6 Å². The highest BCUT2D eigenvalue weighted by molar-refractivity contribution is 5.45. The van der Waals surface area contributed by atoms with Crippen molar-refractivity contribution in [2.24, 2.45) is 0 Å². The van der Waals surface area contributed by atoms with E-state index in [-0.39, 0.29) is 5.41 Å². The second-order valence-corrected chi connectivity index (χ2v) is 4.58. The van der Waals surface area contributed by atoms with Gasteiger partial charge in [0.05, 0.1) is 0 Å². The topological polar surface area (TPSA) is 29.5 Å². The van der Waals surface area contributed by atoms with Gasteiger partial charge in [0.2, 0.25) is 0 Å². The third-order valence-corrected chi connectivity index (χ3v) is 3.15. The van der Waals surface area contributed by atoms with Gasteiger partial charge in [-0.3, -0.25) is 0 Å². The molecular weight excluding hydrogens is 212 g/mol. The highest BCUT2D eigenvalue weighted by Crippen LogP contribution is 2.36. The van der Waals surface area contributed by atoms with Crippen molar-refractivity contribution in [1.82, 2.24) is 0 Å². The molecule has 0 fully saturated rings. The minimum absolute atomic E-state index is 0.208. The second kappa shape index (κ2) is 4.60. The van der Waals surface area contributed by atoms with Crippen LogP contribution in [0.3, 0.4) is 0 Å². The van der Waals surface area contributed by atoms with Crippen molar-refractivity contribution in [3.63, 3.8) is 0 Å². The maximum absolute atomic E-state index is 8.93. The standard InChI is InChI=1S/C15H16O2/c1-15(2,12-8-4-3-5-9-12)13-10-6-7-11-14(13)17-16/h3-11,16H,1-2H3. The van der Waals surface area contributed by atoms with Gasteiger partial charge in [-0.25, -0.2) is 5.26 Å². The Kier molecular flexibility index (Phi) is 3.16. The van der Waals surface area contributed by atoms with Crippen LogP contribution in [0.25, 0.3) is 0 Å². The summed E-state index contributed by atoms with van der Waals surface area (Å²) in [7, 11) is 0. The van der Waals surface area contributed by atoms with Crippen LogP contribution in [0.2, 0.25) is 0 Å². The van der Waals surface area contributed by atoms with Crippen molar-refractivity contribution in [2.45, 2.75) is 19.3 Å². The lowest BCUT2D eigenvalue weighted by Gasteiger charge is -2.27. The molecule has 0 aliphatic heterocycles. The predicted octanol–water partition coefficient (Wildman–Crippen LogP) is 3.86. The van der Waals surface area contributed by atoms with Crippen molar-refractivity contribution in [3.8, 4) is 5.75 Å². The fraction of sp³-hybridized carbons (Fsp3) is 0.200. The first-order valence-electron chi connectivity index (χ1n) is 5.62. The Morgan fingerprint density at radius 2 is 1.47 bits per heavy atom. The lowest BCUT2D eigenvalue weighted by molar-refractivity contribution is -0.138. The van der Waals surface area contributed by atoms with Gasteiger partial charge in [0.15, 0.2) is 5.75 Å². The van der Waals surface area contributed by atoms with Crippen molar-refractivity contribution in [2.75, 3.05) is 0 Å². The molecule has 0 saturated carbocycles. The van der Waals surface area contributed by atoms with Gasteiger partial charge in [0, 0.05) is 11.0 Å². The van der Waals surface area contributed by atoms with Gasteiger partial charge >= 0.3 is 0 Å². The lowest BCUT2D eigenvalue weighted by Crippen LogP contribution is -2.19. The summed E-state index contributed by atoms with van der Waals surface area (Å²) in [6, 6.07) is 17.7. The van der Waals surface area contributed by atoms with Crippen molar-refractivity contribution < 1.29 is 10.1 Å². The van der Waals surface area contributed by atoms with E-state index in [1.165, 1.54) is 5.56 Å². The van der Waals surface area contributed by atoms with Crippen LogP contribution in [-0.4, -0.2) is 5.26 Å². The SMILES string of the molecule is CC(C)(c1ccccc1)c1ccccc1OO. The quantitative estimate of drug-likeness (QED) is 0.638. The first-order valence-corrected chi connectivity index (χ1v) is 5.62. The van der Waals surface area contributed by atoms with Gasteiger partial charge in [-0.1, -0.05) is 62.4 Å². The monoisotopic (exact) mass is 228 g/mol. The average Bonchev–Trinajstić information content (AvgIpc) is 2.39. The molecule has 0 heterocycles. The van der Waals surface area contributed by atoms with E-state index in [4.69, 9.17) is 5.26 Å². The van der Waals surface area contributed by atoms with Crippen LogP contribution in [0, 0.1) is 0 Å². The molecule has 0 radical (unpaired) electrons. The third-order valence-electron chi connectivity index (χ3n) is 3.15. The molecule has 0 aliphatic carbocycles. The molecule has 2 aromatic rings. The van der Waals surface area contributed by atoms with Crippen LogP contribution in [0.5, 0.6) is 5.75 Å². The van der Waals surface area contributed by atoms with Crippen molar-refractivity contribution in [3.05, 3.63) is 65.7 Å². The molecule has 2 nitrogen and oxygen atoms in total. The summed E-state index contributed by atoms with van der Waals surface area (Å²) >= 11 is 0. The number of para-hydroxylation sites is 1. The summed E-state index contributed by atoms with van der Waals surface area (Å²) in [5.74, 6) is 0.501. The molecular formula is C15H16O2. The van der Waals surface area contributed by atoms with Crippen LogP contribution in [-0.2, 0) is 5.41 Å². The Bertz CT molecular complexity index is 489. The molecule has 0 saturated heterocycles. The first-order chi connectivity index (χ1) is 8.16. The molecule has 88 valence electrons. The Labute approximate surface area is 101 Å². The summed E-state index contributed by atoms with van der Waals surface area (Å²) in [5.41, 5.74) is 1.94. The number of rotatable bonds is 3. The molecule has 0 spiro atoms. The van der Waals surface area contributed by atoms with Crippen LogP contribution in [0.4, 0.5) is 0 Å². The zero-order valence-electron chi connectivity index (χ0n) is 10.1. The van der Waals surface area contributed by atoms with Gasteiger partial charge in [-0.05, 0) is 11.6 Å². The van der Waals surface area contributed by atoms with Gasteiger partial charge in [0.25, 0.3) is 0 Å². The molecule has 0 aliphatic rings. The molecule has 2 aromatic carbocycles. The molecule has 2 heteroatoms. The van der Waals surface area contributed by atoms with Gasteiger partial charge in [-0.15, -0.1) is 0 Å². The third kappa shape index (κ3) is 2.17. The predicted molar refractivity (Wildman–Crippen MR) is 68.3 cm³/mol. The number of hydrogen-bond donors (Lipinski definition) is 1. The number of hydrogen-bond acceptors (Lipinski definition) is 2. The Morgan fingerprint density at radius 3 is 2.12 bits per heavy atom. The minimum atomic E-state index is -0.208. The summed E-state index contributed by atoms with van der Waals surface area (Å²) in [6.45, 7) is 4.22. The highest BCUT2D eigenvalue weighted by atomic mass is 17.1. The molecule has 17 heavy (non-hydrogen) atoms. The maximum atomic E-state index is 8.93. The van der Waals surface area contributed by atoms with Crippen molar-refractivity contribution >= 4 is 0 Å². The lowest BCUT2D eigenvalue weighted by atomic mass is 9.78. The van der Waals surface area contributed by atoms with E-state index in [2.05, 4.69) is 30.9 Å². The van der Waals surface area contributed by atoms with E-state index >= 15 is 0 Å². The van der Waals surface area contributed by atoms with E-state index in [1.807, 2.05) is 36.4 Å². The smallest absolute Gasteiger partial charge is 0.169 e. The Hall–Kier alpha value is -1.80. The Balaban J connectivity index is 2.51. The summed E-state index contributed by atoms with van der Waals surface area (Å²) in [5, 5.41) is 8.93. The van der Waals surface area contributed by atoms with Gasteiger partial charge < -0.3 is 4.89 Å². The maximum Gasteiger partial charge on any atom is 0.169 e. The highest BCUT2D eigenvalue weighted by Gasteiger charge is 2.26. The van der Waals surface area contributed by atoms with Crippen LogP contribution >= 0.6 is 0 Å². The average molecular weight is 228 g/mol. The molecule has 0 atom stereocenters. The van der Waals surface area contributed by atoms with E-state index in [0.29, 0.717) is 5.75 Å². The van der Waals surface area contributed by atoms with E-state index in [9.17, 15) is 0 Å². The van der Waals surface area contributed by atoms with E-state index in [1.54, 1.807) is 6.07 Å². The summed E-state index contributed by atoms with van der Waals surface area (Å²) < 4.78 is 0. The summed E-state index contributed by atoms with van der Waals surface area (Å²) in [4.78, 5) is 4.45. The van der Waals surface area contributed by atoms with Crippen molar-refractivity contribution in [1.29, 1.82) is 0 Å². The second-order valence-electron chi connectivity index (χ2n) is 4.58. The fourth-order valence-corrected chi connectivity index (χ4v) is 2.07. The minimum Gasteiger partial charge on any atom is -0.340 e. The number of benzene rings is 2.